The van der Waals surface area contributed by atoms with Crippen molar-refractivity contribution in [1.29, 1.82) is 0 Å². The van der Waals surface area contributed by atoms with E-state index in [1.165, 1.54) is 12.2 Å². The number of hydrogen-bond acceptors (Lipinski definition) is 4. The molecule has 2 aromatic carbocycles. The molecule has 0 saturated carbocycles. The van der Waals surface area contributed by atoms with Gasteiger partial charge in [-0.3, -0.25) is 0 Å². The van der Waals surface area contributed by atoms with Gasteiger partial charge in [0.15, 0.2) is 0 Å². The lowest BCUT2D eigenvalue weighted by Gasteiger charge is -2.11. The highest BCUT2D eigenvalue weighted by Crippen LogP contribution is 2.21. The first-order valence-corrected chi connectivity index (χ1v) is 7.82. The quantitative estimate of drug-likeness (QED) is 0.530. The van der Waals surface area contributed by atoms with Crippen molar-refractivity contribution in [1.82, 2.24) is 0 Å². The average molecular weight is 354 g/mol. The SMILES string of the molecule is O=C(O)C=Cc1ccccc1OCCOc1ccccc1C=CC(=O)O. The lowest BCUT2D eigenvalue weighted by molar-refractivity contribution is -0.132. The van der Waals surface area contributed by atoms with Gasteiger partial charge in [-0.2, -0.15) is 0 Å². The summed E-state index contributed by atoms with van der Waals surface area (Å²) in [5.41, 5.74) is 1.30. The van der Waals surface area contributed by atoms with Crippen molar-refractivity contribution >= 4 is 24.1 Å². The molecule has 0 heterocycles. The summed E-state index contributed by atoms with van der Waals surface area (Å²) in [7, 11) is 0. The second-order valence-electron chi connectivity index (χ2n) is 5.12. The molecule has 0 aliphatic heterocycles. The zero-order chi connectivity index (χ0) is 18.8. The lowest BCUT2D eigenvalue weighted by atomic mass is 10.2. The van der Waals surface area contributed by atoms with E-state index >= 15 is 0 Å². The van der Waals surface area contributed by atoms with Crippen LogP contribution >= 0.6 is 0 Å². The first kappa shape index (κ1) is 18.8. The maximum atomic E-state index is 10.6. The third-order valence-electron chi connectivity index (χ3n) is 3.25. The Morgan fingerprint density at radius 3 is 1.50 bits per heavy atom. The van der Waals surface area contributed by atoms with Gasteiger partial charge in [0.2, 0.25) is 0 Å². The Morgan fingerprint density at radius 2 is 1.12 bits per heavy atom. The summed E-state index contributed by atoms with van der Waals surface area (Å²) in [6.07, 6.45) is 5.02. The van der Waals surface area contributed by atoms with Crippen molar-refractivity contribution in [3.8, 4) is 11.5 Å². The molecule has 6 heteroatoms. The third kappa shape index (κ3) is 6.16. The molecule has 2 N–H and O–H groups in total. The van der Waals surface area contributed by atoms with E-state index in [-0.39, 0.29) is 13.2 Å². The fraction of sp³-hybridized carbons (Fsp3) is 0.100. The van der Waals surface area contributed by atoms with Gasteiger partial charge in [0.1, 0.15) is 24.7 Å². The predicted octanol–water partition coefficient (Wildman–Crippen LogP) is 3.34. The van der Waals surface area contributed by atoms with E-state index in [0.717, 1.165) is 12.2 Å². The molecule has 0 bridgehead atoms. The molecule has 2 aromatic rings. The molecule has 6 nitrogen and oxygen atoms in total. The number of carboxylic acids is 2. The zero-order valence-corrected chi connectivity index (χ0v) is 13.9. The van der Waals surface area contributed by atoms with Crippen LogP contribution in [-0.2, 0) is 9.59 Å². The molecule has 0 radical (unpaired) electrons. The number of hydrogen-bond donors (Lipinski definition) is 2. The average Bonchev–Trinajstić information content (AvgIpc) is 2.63. The molecule has 0 atom stereocenters. The minimum atomic E-state index is -1.03. The predicted molar refractivity (Wildman–Crippen MR) is 97.2 cm³/mol. The minimum absolute atomic E-state index is 0.245. The first-order valence-electron chi connectivity index (χ1n) is 7.82. The van der Waals surface area contributed by atoms with Gasteiger partial charge in [0, 0.05) is 23.3 Å². The summed E-state index contributed by atoms with van der Waals surface area (Å²) in [6, 6.07) is 14.1. The topological polar surface area (TPSA) is 93.1 Å². The third-order valence-corrected chi connectivity index (χ3v) is 3.25. The number of aliphatic carboxylic acids is 2. The minimum Gasteiger partial charge on any atom is -0.489 e. The summed E-state index contributed by atoms with van der Waals surface area (Å²) in [5, 5.41) is 17.4. The molecular formula is C20H18O6. The number of benzene rings is 2. The van der Waals surface area contributed by atoms with Gasteiger partial charge >= 0.3 is 11.9 Å². The standard InChI is InChI=1S/C20H18O6/c21-19(22)11-9-15-5-1-3-7-17(15)25-13-14-26-18-8-4-2-6-16(18)10-12-20(23)24/h1-12H,13-14H2,(H,21,22)(H,23,24). The highest BCUT2D eigenvalue weighted by molar-refractivity contribution is 5.86. The Bertz CT molecular complexity index is 753. The molecule has 0 unspecified atom stereocenters. The lowest BCUT2D eigenvalue weighted by Crippen LogP contribution is -2.10. The fourth-order valence-electron chi connectivity index (χ4n) is 2.12. The van der Waals surface area contributed by atoms with E-state index in [2.05, 4.69) is 0 Å². The molecule has 0 fully saturated rings. The van der Waals surface area contributed by atoms with Gasteiger partial charge in [-0.25, -0.2) is 9.59 Å². The van der Waals surface area contributed by atoms with E-state index in [1.54, 1.807) is 48.5 Å². The Kier molecular flexibility index (Phi) is 7.00. The summed E-state index contributed by atoms with van der Waals surface area (Å²) in [4.78, 5) is 21.3. The smallest absolute Gasteiger partial charge is 0.328 e. The van der Waals surface area contributed by atoms with Crippen LogP contribution in [-0.4, -0.2) is 35.4 Å². The van der Waals surface area contributed by atoms with Gasteiger partial charge in [-0.15, -0.1) is 0 Å². The van der Waals surface area contributed by atoms with Gasteiger partial charge in [-0.05, 0) is 24.3 Å². The normalized spacial score (nSPS) is 10.9. The Balaban J connectivity index is 1.94. The molecule has 0 aliphatic carbocycles. The molecule has 0 amide bonds. The second kappa shape index (κ2) is 9.68. The van der Waals surface area contributed by atoms with Crippen LogP contribution in [0, 0.1) is 0 Å². The van der Waals surface area contributed by atoms with Crippen molar-refractivity contribution in [2.75, 3.05) is 13.2 Å². The molecule has 0 aliphatic rings. The maximum absolute atomic E-state index is 10.6. The van der Waals surface area contributed by atoms with Crippen LogP contribution in [0.15, 0.2) is 60.7 Å². The van der Waals surface area contributed by atoms with Crippen LogP contribution in [0.4, 0.5) is 0 Å². The summed E-state index contributed by atoms with van der Waals surface area (Å²) in [6.45, 7) is 0.490. The van der Waals surface area contributed by atoms with E-state index in [1.807, 2.05) is 0 Å². The van der Waals surface area contributed by atoms with E-state index in [9.17, 15) is 9.59 Å². The van der Waals surface area contributed by atoms with Crippen LogP contribution in [0.2, 0.25) is 0 Å². The van der Waals surface area contributed by atoms with Crippen LogP contribution in [0.5, 0.6) is 11.5 Å². The molecule has 2 rings (SSSR count). The summed E-state index contributed by atoms with van der Waals surface area (Å²) in [5.74, 6) is -0.969. The Hall–Kier alpha value is -3.54. The van der Waals surface area contributed by atoms with E-state index in [0.29, 0.717) is 22.6 Å². The van der Waals surface area contributed by atoms with Crippen molar-refractivity contribution in [2.45, 2.75) is 0 Å². The monoisotopic (exact) mass is 354 g/mol. The van der Waals surface area contributed by atoms with Crippen molar-refractivity contribution in [3.05, 3.63) is 71.8 Å². The van der Waals surface area contributed by atoms with Crippen LogP contribution in [0.3, 0.4) is 0 Å². The highest BCUT2D eigenvalue weighted by atomic mass is 16.5. The van der Waals surface area contributed by atoms with E-state index < -0.39 is 11.9 Å². The van der Waals surface area contributed by atoms with Crippen LogP contribution in [0.1, 0.15) is 11.1 Å². The number of carbonyl (C=O) groups is 2. The maximum Gasteiger partial charge on any atom is 0.328 e. The van der Waals surface area contributed by atoms with Crippen LogP contribution < -0.4 is 9.47 Å². The van der Waals surface area contributed by atoms with Gasteiger partial charge in [-0.1, -0.05) is 36.4 Å². The largest absolute Gasteiger partial charge is 0.489 e. The van der Waals surface area contributed by atoms with Crippen LogP contribution in [0.25, 0.3) is 12.2 Å². The number of carboxylic acid groups (broad SMARTS) is 2. The second-order valence-corrected chi connectivity index (χ2v) is 5.12. The van der Waals surface area contributed by atoms with Crippen molar-refractivity contribution in [3.63, 3.8) is 0 Å². The van der Waals surface area contributed by atoms with Gasteiger partial charge in [0.05, 0.1) is 0 Å². The summed E-state index contributed by atoms with van der Waals surface area (Å²) < 4.78 is 11.3. The molecule has 26 heavy (non-hydrogen) atoms. The highest BCUT2D eigenvalue weighted by Gasteiger charge is 2.03. The Labute approximate surface area is 150 Å². The van der Waals surface area contributed by atoms with Gasteiger partial charge in [0.25, 0.3) is 0 Å². The number of rotatable bonds is 9. The summed E-state index contributed by atoms with van der Waals surface area (Å²) >= 11 is 0. The molecule has 0 spiro atoms. The molecule has 0 aromatic heterocycles. The molecular weight excluding hydrogens is 336 g/mol. The van der Waals surface area contributed by atoms with Crippen molar-refractivity contribution in [2.24, 2.45) is 0 Å². The first-order chi connectivity index (χ1) is 12.6. The molecule has 0 saturated heterocycles. The van der Waals surface area contributed by atoms with Gasteiger partial charge < -0.3 is 19.7 Å². The van der Waals surface area contributed by atoms with E-state index in [4.69, 9.17) is 19.7 Å². The Morgan fingerprint density at radius 1 is 0.731 bits per heavy atom. The number of para-hydroxylation sites is 2. The molecule has 134 valence electrons. The fourth-order valence-corrected chi connectivity index (χ4v) is 2.12. The number of ether oxygens (including phenoxy) is 2. The van der Waals surface area contributed by atoms with Crippen molar-refractivity contribution < 1.29 is 29.3 Å². The zero-order valence-electron chi connectivity index (χ0n) is 13.9.